The van der Waals surface area contributed by atoms with Gasteiger partial charge in [0.05, 0.1) is 6.54 Å². The van der Waals surface area contributed by atoms with E-state index < -0.39 is 0 Å². The Hall–Kier alpha value is -3.09. The fourth-order valence-electron chi connectivity index (χ4n) is 3.65. The second-order valence-corrected chi connectivity index (χ2v) is 7.08. The molecule has 2 heterocycles. The maximum Gasteiger partial charge on any atom is 0.254 e. The van der Waals surface area contributed by atoms with Gasteiger partial charge in [0.25, 0.3) is 5.91 Å². The van der Waals surface area contributed by atoms with Crippen molar-refractivity contribution in [2.75, 3.05) is 18.9 Å². The van der Waals surface area contributed by atoms with E-state index in [-0.39, 0.29) is 18.4 Å². The van der Waals surface area contributed by atoms with Crippen LogP contribution in [-0.2, 0) is 17.6 Å². The van der Waals surface area contributed by atoms with Gasteiger partial charge in [0.2, 0.25) is 5.91 Å². The van der Waals surface area contributed by atoms with E-state index in [0.29, 0.717) is 17.1 Å². The van der Waals surface area contributed by atoms with Gasteiger partial charge < -0.3 is 19.7 Å². The van der Waals surface area contributed by atoms with Crippen molar-refractivity contribution in [2.24, 2.45) is 0 Å². The van der Waals surface area contributed by atoms with Crippen LogP contribution in [0.1, 0.15) is 40.2 Å². The minimum Gasteiger partial charge on any atom is -0.360 e. The highest BCUT2D eigenvalue weighted by Gasteiger charge is 2.19. The Morgan fingerprint density at radius 3 is 2.85 bits per heavy atom. The number of aromatic amines is 1. The molecule has 2 amide bonds. The number of anilines is 1. The Kier molecular flexibility index (Phi) is 4.43. The highest BCUT2D eigenvalue weighted by atomic mass is 16.5. The number of fused-ring (bicyclic) bond motifs is 3. The van der Waals surface area contributed by atoms with Gasteiger partial charge in [-0.3, -0.25) is 9.59 Å². The predicted molar refractivity (Wildman–Crippen MR) is 102 cm³/mol. The zero-order valence-corrected chi connectivity index (χ0v) is 15.5. The Bertz CT molecular complexity index is 1020. The highest BCUT2D eigenvalue weighted by Crippen LogP contribution is 2.29. The molecule has 1 aromatic carbocycles. The zero-order valence-electron chi connectivity index (χ0n) is 15.5. The first-order valence-corrected chi connectivity index (χ1v) is 9.13. The molecule has 1 aliphatic rings. The zero-order chi connectivity index (χ0) is 19.0. The smallest absolute Gasteiger partial charge is 0.254 e. The lowest BCUT2D eigenvalue weighted by molar-refractivity contribution is -0.116. The van der Waals surface area contributed by atoms with Crippen molar-refractivity contribution in [3.05, 3.63) is 46.8 Å². The molecule has 2 N–H and O–H groups in total. The number of rotatable bonds is 4. The molecule has 0 spiro atoms. The van der Waals surface area contributed by atoms with Gasteiger partial charge in [-0.05, 0) is 56.4 Å². The van der Waals surface area contributed by atoms with Crippen LogP contribution in [0.15, 0.2) is 28.8 Å². The number of carbonyl (C=O) groups is 2. The van der Waals surface area contributed by atoms with Gasteiger partial charge in [-0.1, -0.05) is 5.16 Å². The number of aromatic nitrogens is 2. The van der Waals surface area contributed by atoms with Crippen LogP contribution in [0.2, 0.25) is 0 Å². The van der Waals surface area contributed by atoms with Crippen LogP contribution >= 0.6 is 0 Å². The Morgan fingerprint density at radius 2 is 2.07 bits per heavy atom. The molecule has 7 nitrogen and oxygen atoms in total. The van der Waals surface area contributed by atoms with Crippen molar-refractivity contribution in [1.29, 1.82) is 0 Å². The predicted octanol–water partition coefficient (Wildman–Crippen LogP) is 3.05. The molecule has 0 atom stereocenters. The van der Waals surface area contributed by atoms with Crippen LogP contribution in [0, 0.1) is 6.92 Å². The molecule has 0 unspecified atom stereocenters. The molecule has 1 aliphatic carbocycles. The number of amides is 2. The van der Waals surface area contributed by atoms with Gasteiger partial charge in [0, 0.05) is 35.3 Å². The number of hydrogen-bond donors (Lipinski definition) is 2. The van der Waals surface area contributed by atoms with Gasteiger partial charge in [-0.15, -0.1) is 0 Å². The number of nitrogens with one attached hydrogen (secondary N) is 2. The molecule has 0 saturated carbocycles. The van der Waals surface area contributed by atoms with Gasteiger partial charge >= 0.3 is 0 Å². The summed E-state index contributed by atoms with van der Waals surface area (Å²) in [5.74, 6) is 0.449. The maximum atomic E-state index is 12.8. The summed E-state index contributed by atoms with van der Waals surface area (Å²) in [6.07, 6.45) is 4.49. The summed E-state index contributed by atoms with van der Waals surface area (Å²) in [6, 6.07) is 7.32. The number of carbonyl (C=O) groups excluding carboxylic acids is 2. The van der Waals surface area contributed by atoms with Gasteiger partial charge in [-0.25, -0.2) is 0 Å². The lowest BCUT2D eigenvalue weighted by atomic mass is 9.95. The normalized spacial score (nSPS) is 13.4. The largest absolute Gasteiger partial charge is 0.360 e. The standard InChI is InChI=1S/C20H22N4O3/c1-12-9-18(23-27-12)22-19(25)11-24(2)20(26)13-7-8-17-15(10-13)14-5-3-4-6-16(14)21-17/h7-10,21H,3-6,11H2,1-2H3,(H,22,23,25). The Labute approximate surface area is 156 Å². The number of benzene rings is 1. The second-order valence-electron chi connectivity index (χ2n) is 7.08. The van der Waals surface area contributed by atoms with Crippen LogP contribution in [0.3, 0.4) is 0 Å². The van der Waals surface area contributed by atoms with E-state index in [2.05, 4.69) is 15.5 Å². The van der Waals surface area contributed by atoms with Crippen LogP contribution in [0.4, 0.5) is 5.82 Å². The minimum absolute atomic E-state index is 0.0615. The fourth-order valence-corrected chi connectivity index (χ4v) is 3.65. The molecule has 0 aliphatic heterocycles. The third kappa shape index (κ3) is 3.45. The van der Waals surface area contributed by atoms with Gasteiger partial charge in [0.1, 0.15) is 5.76 Å². The highest BCUT2D eigenvalue weighted by molar-refractivity contribution is 6.01. The Balaban J connectivity index is 1.48. The Morgan fingerprint density at radius 1 is 1.26 bits per heavy atom. The van der Waals surface area contributed by atoms with E-state index in [9.17, 15) is 9.59 Å². The van der Waals surface area contributed by atoms with Gasteiger partial charge in [0.15, 0.2) is 5.82 Å². The van der Waals surface area contributed by atoms with Crippen molar-refractivity contribution in [1.82, 2.24) is 15.0 Å². The van der Waals surface area contributed by atoms with E-state index in [4.69, 9.17) is 4.52 Å². The third-order valence-electron chi connectivity index (χ3n) is 4.97. The van der Waals surface area contributed by atoms with E-state index >= 15 is 0 Å². The molecule has 0 saturated heterocycles. The average molecular weight is 366 g/mol. The molecule has 2 aromatic heterocycles. The molecule has 4 rings (SSSR count). The molecule has 0 fully saturated rings. The lowest BCUT2D eigenvalue weighted by Crippen LogP contribution is -2.35. The monoisotopic (exact) mass is 366 g/mol. The summed E-state index contributed by atoms with van der Waals surface area (Å²) < 4.78 is 4.92. The number of likely N-dealkylation sites (N-methyl/N-ethyl adjacent to an activating group) is 1. The van der Waals surface area contributed by atoms with Crippen LogP contribution in [0.25, 0.3) is 10.9 Å². The van der Waals surface area contributed by atoms with Crippen molar-refractivity contribution < 1.29 is 14.1 Å². The first-order chi connectivity index (χ1) is 13.0. The SMILES string of the molecule is Cc1cc(NC(=O)CN(C)C(=O)c2ccc3[nH]c4c(c3c2)CCCC4)no1. The molecule has 7 heteroatoms. The fraction of sp³-hybridized carbons (Fsp3) is 0.350. The van der Waals surface area contributed by atoms with Crippen LogP contribution < -0.4 is 5.32 Å². The quantitative estimate of drug-likeness (QED) is 0.742. The number of aryl methyl sites for hydroxylation is 3. The molecule has 0 bridgehead atoms. The number of H-pyrrole nitrogens is 1. The van der Waals surface area contributed by atoms with Crippen molar-refractivity contribution in [3.8, 4) is 0 Å². The first-order valence-electron chi connectivity index (χ1n) is 9.13. The summed E-state index contributed by atoms with van der Waals surface area (Å²) in [4.78, 5) is 29.8. The molecular formula is C20H22N4O3. The minimum atomic E-state index is -0.320. The number of nitrogens with zero attached hydrogens (tertiary/aromatic N) is 2. The van der Waals surface area contributed by atoms with Crippen LogP contribution in [0.5, 0.6) is 0 Å². The lowest BCUT2D eigenvalue weighted by Gasteiger charge is -2.16. The molecular weight excluding hydrogens is 344 g/mol. The number of hydrogen-bond acceptors (Lipinski definition) is 4. The summed E-state index contributed by atoms with van der Waals surface area (Å²) in [5.41, 5.74) is 4.27. The van der Waals surface area contributed by atoms with Crippen molar-refractivity contribution >= 4 is 28.5 Å². The van der Waals surface area contributed by atoms with E-state index in [1.807, 2.05) is 18.2 Å². The van der Waals surface area contributed by atoms with Gasteiger partial charge in [-0.2, -0.15) is 0 Å². The summed E-state index contributed by atoms with van der Waals surface area (Å²) in [5, 5.41) is 7.46. The van der Waals surface area contributed by atoms with E-state index in [0.717, 1.165) is 23.7 Å². The average Bonchev–Trinajstić information content (AvgIpc) is 3.23. The summed E-state index contributed by atoms with van der Waals surface area (Å²) in [7, 11) is 1.62. The second kappa shape index (κ2) is 6.90. The topological polar surface area (TPSA) is 91.2 Å². The molecule has 3 aromatic rings. The summed E-state index contributed by atoms with van der Waals surface area (Å²) in [6.45, 7) is 1.68. The first kappa shape index (κ1) is 17.3. The van der Waals surface area contributed by atoms with E-state index in [1.54, 1.807) is 20.0 Å². The summed E-state index contributed by atoms with van der Waals surface area (Å²) >= 11 is 0. The van der Waals surface area contributed by atoms with E-state index in [1.165, 1.54) is 29.0 Å². The van der Waals surface area contributed by atoms with Crippen LogP contribution in [-0.4, -0.2) is 40.4 Å². The molecule has 27 heavy (non-hydrogen) atoms. The third-order valence-corrected chi connectivity index (χ3v) is 4.97. The molecule has 140 valence electrons. The molecule has 0 radical (unpaired) electrons. The van der Waals surface area contributed by atoms with Crippen molar-refractivity contribution in [2.45, 2.75) is 32.6 Å². The maximum absolute atomic E-state index is 12.8. The van der Waals surface area contributed by atoms with Crippen molar-refractivity contribution in [3.63, 3.8) is 0 Å².